The lowest BCUT2D eigenvalue weighted by molar-refractivity contribution is -0.119. The molecule has 3 aliphatic heterocycles. The standard InChI is InChI=1S/C25H32ClN5O3S/c1-17-6-7-18(11-21(17)26)22(12-24(27)32)30-13-19-15-31(16-20(19)14-30)35(33,34)23-5-4-8-28-25(23)29-9-2-3-10-29/h4-8,11,19-20,22H,2-3,9-10,12-16H2,1H3,(H2,27,32). The highest BCUT2D eigenvalue weighted by Crippen LogP contribution is 2.40. The number of primary amides is 1. The van der Waals surface area contributed by atoms with E-state index in [-0.39, 0.29) is 30.2 Å². The molecule has 1 aromatic carbocycles. The molecule has 4 heterocycles. The summed E-state index contributed by atoms with van der Waals surface area (Å²) in [7, 11) is -3.65. The summed E-state index contributed by atoms with van der Waals surface area (Å²) in [6, 6.07) is 9.09. The molecule has 2 aromatic rings. The molecule has 0 spiro atoms. The van der Waals surface area contributed by atoms with Gasteiger partial charge in [-0.15, -0.1) is 0 Å². The highest BCUT2D eigenvalue weighted by Gasteiger charge is 2.46. The lowest BCUT2D eigenvalue weighted by atomic mass is 10.0. The van der Waals surface area contributed by atoms with Gasteiger partial charge in [0.25, 0.3) is 0 Å². The molecule has 0 aliphatic carbocycles. The molecule has 1 amide bonds. The topological polar surface area (TPSA) is 99.8 Å². The summed E-state index contributed by atoms with van der Waals surface area (Å²) in [5.41, 5.74) is 7.55. The van der Waals surface area contributed by atoms with Crippen molar-refractivity contribution in [1.82, 2.24) is 14.2 Å². The molecule has 10 heteroatoms. The first kappa shape index (κ1) is 24.5. The van der Waals surface area contributed by atoms with E-state index in [1.54, 1.807) is 22.6 Å². The number of carbonyl (C=O) groups excluding carboxylic acids is 1. The minimum atomic E-state index is -3.65. The van der Waals surface area contributed by atoms with Crippen LogP contribution >= 0.6 is 11.6 Å². The number of benzene rings is 1. The SMILES string of the molecule is Cc1ccc(C(CC(N)=O)N2CC3CN(S(=O)(=O)c4cccnc4N4CCCC4)CC3C2)cc1Cl. The lowest BCUT2D eigenvalue weighted by Gasteiger charge is -2.29. The van der Waals surface area contributed by atoms with E-state index in [1.165, 1.54) is 0 Å². The maximum Gasteiger partial charge on any atom is 0.246 e. The molecule has 8 nitrogen and oxygen atoms in total. The Balaban J connectivity index is 1.33. The summed E-state index contributed by atoms with van der Waals surface area (Å²) < 4.78 is 29.0. The van der Waals surface area contributed by atoms with Crippen LogP contribution in [0.2, 0.25) is 5.02 Å². The van der Waals surface area contributed by atoms with Crippen LogP contribution in [0, 0.1) is 18.8 Å². The van der Waals surface area contributed by atoms with E-state index in [9.17, 15) is 13.2 Å². The fourth-order valence-corrected chi connectivity index (χ4v) is 7.70. The normalized spacial score (nSPS) is 24.1. The van der Waals surface area contributed by atoms with Crippen molar-refractivity contribution in [2.45, 2.75) is 37.1 Å². The predicted octanol–water partition coefficient (Wildman–Crippen LogP) is 2.81. The molecule has 3 aliphatic rings. The van der Waals surface area contributed by atoms with Gasteiger partial charge in [-0.25, -0.2) is 13.4 Å². The van der Waals surface area contributed by atoms with Gasteiger partial charge in [-0.1, -0.05) is 23.7 Å². The Morgan fingerprint density at radius 2 is 1.83 bits per heavy atom. The van der Waals surface area contributed by atoms with Gasteiger partial charge in [-0.05, 0) is 60.9 Å². The second kappa shape index (κ2) is 9.69. The molecule has 5 rings (SSSR count). The number of hydrogen-bond acceptors (Lipinski definition) is 6. The largest absolute Gasteiger partial charge is 0.370 e. The first-order valence-corrected chi connectivity index (χ1v) is 14.0. The first-order chi connectivity index (χ1) is 16.7. The summed E-state index contributed by atoms with van der Waals surface area (Å²) >= 11 is 6.37. The van der Waals surface area contributed by atoms with Gasteiger partial charge >= 0.3 is 0 Å². The molecule has 0 saturated carbocycles. The molecular weight excluding hydrogens is 486 g/mol. The van der Waals surface area contributed by atoms with Crippen LogP contribution in [-0.2, 0) is 14.8 Å². The number of aromatic nitrogens is 1. The summed E-state index contributed by atoms with van der Waals surface area (Å²) in [5.74, 6) is 0.612. The summed E-state index contributed by atoms with van der Waals surface area (Å²) in [5, 5.41) is 0.666. The van der Waals surface area contributed by atoms with Gasteiger partial charge in [0.05, 0.1) is 0 Å². The molecule has 2 N–H and O–H groups in total. The molecule has 0 bridgehead atoms. The molecular formula is C25H32ClN5O3S. The fourth-order valence-electron chi connectivity index (χ4n) is 5.79. The zero-order valence-corrected chi connectivity index (χ0v) is 21.5. The van der Waals surface area contributed by atoms with Crippen molar-refractivity contribution in [3.05, 3.63) is 52.7 Å². The molecule has 3 fully saturated rings. The number of aryl methyl sites for hydroxylation is 1. The average Bonchev–Trinajstić information content (AvgIpc) is 3.56. The Bertz CT molecular complexity index is 1200. The van der Waals surface area contributed by atoms with Crippen molar-refractivity contribution in [3.63, 3.8) is 0 Å². The predicted molar refractivity (Wildman–Crippen MR) is 136 cm³/mol. The molecule has 3 atom stereocenters. The van der Waals surface area contributed by atoms with Gasteiger partial charge in [0.2, 0.25) is 15.9 Å². The van der Waals surface area contributed by atoms with Crippen LogP contribution in [-0.4, -0.2) is 67.8 Å². The van der Waals surface area contributed by atoms with E-state index in [4.69, 9.17) is 17.3 Å². The van der Waals surface area contributed by atoms with Crippen molar-refractivity contribution in [2.24, 2.45) is 17.6 Å². The smallest absolute Gasteiger partial charge is 0.246 e. The van der Waals surface area contributed by atoms with Crippen LogP contribution in [0.1, 0.15) is 36.4 Å². The van der Waals surface area contributed by atoms with E-state index in [1.807, 2.05) is 25.1 Å². The third-order valence-electron chi connectivity index (χ3n) is 7.67. The quantitative estimate of drug-likeness (QED) is 0.606. The maximum absolute atomic E-state index is 13.7. The Morgan fingerprint density at radius 1 is 1.14 bits per heavy atom. The van der Waals surface area contributed by atoms with Crippen LogP contribution in [0.15, 0.2) is 41.4 Å². The summed E-state index contributed by atoms with van der Waals surface area (Å²) in [6.07, 6.45) is 3.98. The molecule has 188 valence electrons. The molecule has 3 saturated heterocycles. The van der Waals surface area contributed by atoms with Gasteiger partial charge in [-0.3, -0.25) is 9.69 Å². The minimum Gasteiger partial charge on any atom is -0.370 e. The molecule has 3 unspecified atom stereocenters. The third-order valence-corrected chi connectivity index (χ3v) is 9.93. The van der Waals surface area contributed by atoms with Crippen LogP contribution < -0.4 is 10.6 Å². The van der Waals surface area contributed by atoms with Crippen molar-refractivity contribution in [2.75, 3.05) is 44.2 Å². The number of amides is 1. The number of carbonyl (C=O) groups is 1. The number of likely N-dealkylation sites (tertiary alicyclic amines) is 1. The number of anilines is 1. The van der Waals surface area contributed by atoms with E-state index in [0.29, 0.717) is 41.9 Å². The van der Waals surface area contributed by atoms with Crippen LogP contribution in [0.4, 0.5) is 5.82 Å². The number of pyridine rings is 1. The number of nitrogens with zero attached hydrogens (tertiary/aromatic N) is 4. The summed E-state index contributed by atoms with van der Waals surface area (Å²) in [6.45, 7) is 5.99. The Morgan fingerprint density at radius 3 is 2.46 bits per heavy atom. The number of sulfonamides is 1. The number of fused-ring (bicyclic) bond motifs is 1. The Hall–Kier alpha value is -2.20. The van der Waals surface area contributed by atoms with Crippen molar-refractivity contribution < 1.29 is 13.2 Å². The van der Waals surface area contributed by atoms with Crippen LogP contribution in [0.25, 0.3) is 0 Å². The monoisotopic (exact) mass is 517 g/mol. The van der Waals surface area contributed by atoms with E-state index < -0.39 is 10.0 Å². The van der Waals surface area contributed by atoms with Gasteiger partial charge in [-0.2, -0.15) is 4.31 Å². The molecule has 1 aromatic heterocycles. The number of nitrogens with two attached hydrogens (primary N) is 1. The third kappa shape index (κ3) is 4.79. The van der Waals surface area contributed by atoms with E-state index in [2.05, 4.69) is 14.8 Å². The highest BCUT2D eigenvalue weighted by atomic mass is 35.5. The highest BCUT2D eigenvalue weighted by molar-refractivity contribution is 7.89. The van der Waals surface area contributed by atoms with Crippen molar-refractivity contribution >= 4 is 33.3 Å². The molecule has 35 heavy (non-hydrogen) atoms. The Labute approximate surface area is 212 Å². The van der Waals surface area contributed by atoms with Gasteiger partial charge in [0.1, 0.15) is 10.7 Å². The Kier molecular flexibility index (Phi) is 6.78. The fraction of sp³-hybridized carbons (Fsp3) is 0.520. The molecule has 0 radical (unpaired) electrons. The second-order valence-corrected chi connectivity index (χ2v) is 12.3. The zero-order chi connectivity index (χ0) is 24.7. The minimum absolute atomic E-state index is 0.165. The first-order valence-electron chi connectivity index (χ1n) is 12.2. The van der Waals surface area contributed by atoms with Gasteiger partial charge < -0.3 is 10.6 Å². The summed E-state index contributed by atoms with van der Waals surface area (Å²) in [4.78, 5) is 21.0. The second-order valence-electron chi connectivity index (χ2n) is 10.0. The zero-order valence-electron chi connectivity index (χ0n) is 19.9. The van der Waals surface area contributed by atoms with Gasteiger partial charge in [0.15, 0.2) is 0 Å². The van der Waals surface area contributed by atoms with Crippen LogP contribution in [0.3, 0.4) is 0 Å². The van der Waals surface area contributed by atoms with Crippen molar-refractivity contribution in [1.29, 1.82) is 0 Å². The van der Waals surface area contributed by atoms with E-state index in [0.717, 1.165) is 37.1 Å². The van der Waals surface area contributed by atoms with Crippen LogP contribution in [0.5, 0.6) is 0 Å². The lowest BCUT2D eigenvalue weighted by Crippen LogP contribution is -2.36. The number of rotatable bonds is 7. The maximum atomic E-state index is 13.7. The van der Waals surface area contributed by atoms with Gasteiger partial charge in [0, 0.05) is 63.0 Å². The van der Waals surface area contributed by atoms with Crippen molar-refractivity contribution in [3.8, 4) is 0 Å². The number of hydrogen-bond donors (Lipinski definition) is 1. The average molecular weight is 518 g/mol. The number of halogens is 1. The van der Waals surface area contributed by atoms with E-state index >= 15 is 0 Å².